The van der Waals surface area contributed by atoms with Crippen LogP contribution in [-0.4, -0.2) is 26.2 Å². The van der Waals surface area contributed by atoms with Crippen LogP contribution in [0.5, 0.6) is 0 Å². The molecule has 2 nitrogen and oxygen atoms in total. The van der Waals surface area contributed by atoms with E-state index in [1.165, 1.54) is 32.3 Å². The second-order valence-corrected chi connectivity index (χ2v) is 5.79. The fraction of sp³-hybridized carbons (Fsp3) is 0.200. The number of nitrogens with one attached hydrogen (secondary N) is 2. The van der Waals surface area contributed by atoms with Gasteiger partial charge in [-0.15, -0.1) is 0 Å². The standard InChI is InChI=1S/C16H10.C4H10N2/c1-3-11-7-9-13-5-2-6-14-10-8-12(4-1)15(11)16(13)14;1-2-6-4-3-5-1/h1-10H;5-6H,1-4H2. The van der Waals surface area contributed by atoms with Crippen LogP contribution in [0.2, 0.25) is 0 Å². The van der Waals surface area contributed by atoms with Crippen LogP contribution < -0.4 is 10.6 Å². The lowest BCUT2D eigenvalue weighted by Gasteiger charge is -2.11. The Balaban J connectivity index is 0.000000177. The third kappa shape index (κ3) is 2.41. The first-order valence-corrected chi connectivity index (χ1v) is 7.97. The smallest absolute Gasteiger partial charge is 0.00772 e. The molecule has 1 heterocycles. The Morgan fingerprint density at radius 1 is 0.455 bits per heavy atom. The first-order valence-electron chi connectivity index (χ1n) is 7.97. The van der Waals surface area contributed by atoms with Gasteiger partial charge in [0.2, 0.25) is 0 Å². The van der Waals surface area contributed by atoms with E-state index in [1.807, 2.05) is 0 Å². The van der Waals surface area contributed by atoms with E-state index >= 15 is 0 Å². The molecule has 1 aliphatic heterocycles. The lowest BCUT2D eigenvalue weighted by atomic mass is 9.95. The van der Waals surface area contributed by atoms with Crippen LogP contribution in [0.3, 0.4) is 0 Å². The Labute approximate surface area is 130 Å². The van der Waals surface area contributed by atoms with Gasteiger partial charge in [0, 0.05) is 26.2 Å². The lowest BCUT2D eigenvalue weighted by molar-refractivity contribution is 0.534. The maximum Gasteiger partial charge on any atom is 0.00772 e. The maximum absolute atomic E-state index is 3.22. The van der Waals surface area contributed by atoms with Crippen molar-refractivity contribution in [2.75, 3.05) is 26.2 Å². The second kappa shape index (κ2) is 5.91. The predicted octanol–water partition coefficient (Wildman–Crippen LogP) is 3.76. The molecule has 4 aromatic carbocycles. The van der Waals surface area contributed by atoms with Crippen LogP contribution in [0.15, 0.2) is 60.7 Å². The normalized spacial score (nSPS) is 15.1. The van der Waals surface area contributed by atoms with Crippen LogP contribution >= 0.6 is 0 Å². The van der Waals surface area contributed by atoms with Gasteiger partial charge in [0.15, 0.2) is 0 Å². The van der Waals surface area contributed by atoms with E-state index < -0.39 is 0 Å². The van der Waals surface area contributed by atoms with Gasteiger partial charge in [0.05, 0.1) is 0 Å². The molecule has 110 valence electrons. The molecule has 2 heteroatoms. The molecule has 1 aliphatic rings. The Morgan fingerprint density at radius 3 is 1.05 bits per heavy atom. The summed E-state index contributed by atoms with van der Waals surface area (Å²) in [4.78, 5) is 0. The van der Waals surface area contributed by atoms with Crippen molar-refractivity contribution in [1.29, 1.82) is 0 Å². The van der Waals surface area contributed by atoms with Crippen LogP contribution in [0.1, 0.15) is 0 Å². The lowest BCUT2D eigenvalue weighted by Crippen LogP contribution is -2.39. The zero-order valence-corrected chi connectivity index (χ0v) is 12.6. The number of piperazine rings is 1. The summed E-state index contributed by atoms with van der Waals surface area (Å²) in [6.45, 7) is 4.56. The molecule has 2 N–H and O–H groups in total. The van der Waals surface area contributed by atoms with Crippen molar-refractivity contribution in [3.05, 3.63) is 60.7 Å². The summed E-state index contributed by atoms with van der Waals surface area (Å²) in [6, 6.07) is 21.9. The Morgan fingerprint density at radius 2 is 0.773 bits per heavy atom. The SMILES string of the molecule is C1CNCCN1.c1cc2ccc3cccc4ccc(c1)c2c34. The molecular weight excluding hydrogens is 268 g/mol. The van der Waals surface area contributed by atoms with Gasteiger partial charge in [-0.1, -0.05) is 60.7 Å². The monoisotopic (exact) mass is 288 g/mol. The van der Waals surface area contributed by atoms with Crippen LogP contribution in [0.25, 0.3) is 32.3 Å². The molecule has 1 fully saturated rings. The van der Waals surface area contributed by atoms with Gasteiger partial charge in [-0.05, 0) is 32.3 Å². The minimum absolute atomic E-state index is 1.14. The van der Waals surface area contributed by atoms with Crippen molar-refractivity contribution in [3.8, 4) is 0 Å². The Hall–Kier alpha value is -2.16. The first kappa shape index (κ1) is 13.5. The summed E-state index contributed by atoms with van der Waals surface area (Å²) < 4.78 is 0. The molecule has 0 bridgehead atoms. The fourth-order valence-electron chi connectivity index (χ4n) is 3.27. The van der Waals surface area contributed by atoms with Crippen molar-refractivity contribution in [3.63, 3.8) is 0 Å². The summed E-state index contributed by atoms with van der Waals surface area (Å²) in [5.41, 5.74) is 0. The quantitative estimate of drug-likeness (QED) is 0.481. The van der Waals surface area contributed by atoms with Gasteiger partial charge in [0.1, 0.15) is 0 Å². The predicted molar refractivity (Wildman–Crippen MR) is 95.9 cm³/mol. The van der Waals surface area contributed by atoms with E-state index in [4.69, 9.17) is 0 Å². The molecule has 22 heavy (non-hydrogen) atoms. The van der Waals surface area contributed by atoms with E-state index in [2.05, 4.69) is 71.3 Å². The van der Waals surface area contributed by atoms with E-state index in [9.17, 15) is 0 Å². The summed E-state index contributed by atoms with van der Waals surface area (Å²) >= 11 is 0. The minimum atomic E-state index is 1.14. The molecule has 0 unspecified atom stereocenters. The van der Waals surface area contributed by atoms with E-state index in [-0.39, 0.29) is 0 Å². The minimum Gasteiger partial charge on any atom is -0.314 e. The van der Waals surface area contributed by atoms with Crippen molar-refractivity contribution >= 4 is 32.3 Å². The zero-order chi connectivity index (χ0) is 14.8. The van der Waals surface area contributed by atoms with Crippen molar-refractivity contribution in [2.45, 2.75) is 0 Å². The van der Waals surface area contributed by atoms with Gasteiger partial charge < -0.3 is 10.6 Å². The number of rotatable bonds is 0. The van der Waals surface area contributed by atoms with Crippen molar-refractivity contribution in [1.82, 2.24) is 10.6 Å². The largest absolute Gasteiger partial charge is 0.314 e. The highest BCUT2D eigenvalue weighted by Crippen LogP contribution is 2.33. The molecule has 5 rings (SSSR count). The molecule has 0 spiro atoms. The second-order valence-electron chi connectivity index (χ2n) is 5.79. The van der Waals surface area contributed by atoms with Gasteiger partial charge in [-0.3, -0.25) is 0 Å². The van der Waals surface area contributed by atoms with Gasteiger partial charge in [0.25, 0.3) is 0 Å². The van der Waals surface area contributed by atoms with Crippen molar-refractivity contribution < 1.29 is 0 Å². The Bertz CT molecular complexity index is 752. The van der Waals surface area contributed by atoms with E-state index in [1.54, 1.807) is 0 Å². The highest BCUT2D eigenvalue weighted by Gasteiger charge is 2.05. The molecule has 0 amide bonds. The van der Waals surface area contributed by atoms with E-state index in [0.29, 0.717) is 0 Å². The highest BCUT2D eigenvalue weighted by molar-refractivity contribution is 6.22. The van der Waals surface area contributed by atoms with Gasteiger partial charge in [-0.25, -0.2) is 0 Å². The molecule has 0 saturated carbocycles. The van der Waals surface area contributed by atoms with Crippen LogP contribution in [0, 0.1) is 0 Å². The van der Waals surface area contributed by atoms with Gasteiger partial charge in [-0.2, -0.15) is 0 Å². The molecule has 0 aromatic heterocycles. The number of hydrogen-bond donors (Lipinski definition) is 2. The first-order chi connectivity index (χ1) is 10.9. The average Bonchev–Trinajstić information content (AvgIpc) is 2.62. The topological polar surface area (TPSA) is 24.1 Å². The molecule has 4 aromatic rings. The summed E-state index contributed by atoms with van der Waals surface area (Å²) in [7, 11) is 0. The molecule has 0 aliphatic carbocycles. The zero-order valence-electron chi connectivity index (χ0n) is 12.6. The molecule has 0 radical (unpaired) electrons. The average molecular weight is 288 g/mol. The summed E-state index contributed by atoms with van der Waals surface area (Å²) in [5, 5.41) is 14.6. The van der Waals surface area contributed by atoms with Crippen LogP contribution in [-0.2, 0) is 0 Å². The van der Waals surface area contributed by atoms with Crippen molar-refractivity contribution in [2.24, 2.45) is 0 Å². The highest BCUT2D eigenvalue weighted by atomic mass is 15.0. The third-order valence-corrected chi connectivity index (χ3v) is 4.35. The van der Waals surface area contributed by atoms with E-state index in [0.717, 1.165) is 26.2 Å². The number of benzene rings is 4. The Kier molecular flexibility index (Phi) is 3.63. The van der Waals surface area contributed by atoms with Crippen LogP contribution in [0.4, 0.5) is 0 Å². The summed E-state index contributed by atoms with van der Waals surface area (Å²) in [6.07, 6.45) is 0. The molecule has 1 saturated heterocycles. The summed E-state index contributed by atoms with van der Waals surface area (Å²) in [5.74, 6) is 0. The third-order valence-electron chi connectivity index (χ3n) is 4.35. The van der Waals surface area contributed by atoms with Gasteiger partial charge >= 0.3 is 0 Å². The maximum atomic E-state index is 3.22. The molecular formula is C20H20N2. The molecule has 0 atom stereocenters. The fourth-order valence-corrected chi connectivity index (χ4v) is 3.27. The number of hydrogen-bond acceptors (Lipinski definition) is 2.